The van der Waals surface area contributed by atoms with Crippen molar-refractivity contribution in [1.82, 2.24) is 4.98 Å². The zero-order chi connectivity index (χ0) is 13.2. The van der Waals surface area contributed by atoms with Gasteiger partial charge in [0.2, 0.25) is 5.13 Å². The van der Waals surface area contributed by atoms with Crippen molar-refractivity contribution >= 4 is 22.4 Å². The van der Waals surface area contributed by atoms with Crippen LogP contribution < -0.4 is 11.5 Å². The molecule has 1 heterocycles. The number of nitrogens with zero attached hydrogens (tertiary/aromatic N) is 2. The lowest BCUT2D eigenvalue weighted by atomic mass is 9.73. The van der Waals surface area contributed by atoms with E-state index in [0.29, 0.717) is 5.13 Å². The largest absolute Gasteiger partial charge is 0.370 e. The topological polar surface area (TPSA) is 77.3 Å². The monoisotopic (exact) mass is 266 g/mol. The van der Waals surface area contributed by atoms with Crippen LogP contribution in [0.1, 0.15) is 56.5 Å². The summed E-state index contributed by atoms with van der Waals surface area (Å²) < 4.78 is 0. The van der Waals surface area contributed by atoms with Crippen LogP contribution in [0.4, 0.5) is 5.13 Å². The molecule has 18 heavy (non-hydrogen) atoms. The molecule has 0 radical (unpaired) electrons. The summed E-state index contributed by atoms with van der Waals surface area (Å²) in [6.07, 6.45) is 7.29. The molecule has 0 saturated heterocycles. The number of guanidine groups is 1. The van der Waals surface area contributed by atoms with Crippen LogP contribution in [0.2, 0.25) is 0 Å². The van der Waals surface area contributed by atoms with Gasteiger partial charge >= 0.3 is 0 Å². The summed E-state index contributed by atoms with van der Waals surface area (Å²) in [6, 6.07) is 0. The van der Waals surface area contributed by atoms with Gasteiger partial charge in [-0.3, -0.25) is 0 Å². The highest BCUT2D eigenvalue weighted by atomic mass is 32.1. The van der Waals surface area contributed by atoms with Crippen LogP contribution in [0.3, 0.4) is 0 Å². The summed E-state index contributed by atoms with van der Waals surface area (Å²) in [5.74, 6) is 0.0939. The second kappa shape index (κ2) is 5.26. The summed E-state index contributed by atoms with van der Waals surface area (Å²) in [5.41, 5.74) is 12.3. The smallest absolute Gasteiger partial charge is 0.212 e. The first-order valence-electron chi connectivity index (χ1n) is 6.65. The van der Waals surface area contributed by atoms with Gasteiger partial charge in [-0.15, -0.1) is 0 Å². The molecule has 0 amide bonds. The van der Waals surface area contributed by atoms with E-state index >= 15 is 0 Å². The Morgan fingerprint density at radius 2 is 2.28 bits per heavy atom. The minimum Gasteiger partial charge on any atom is -0.370 e. The van der Waals surface area contributed by atoms with Gasteiger partial charge < -0.3 is 11.5 Å². The lowest BCUT2D eigenvalue weighted by Gasteiger charge is -2.32. The van der Waals surface area contributed by atoms with Crippen molar-refractivity contribution in [1.29, 1.82) is 0 Å². The second-order valence-electron chi connectivity index (χ2n) is 5.32. The van der Waals surface area contributed by atoms with Gasteiger partial charge in [0.15, 0.2) is 5.96 Å². The maximum absolute atomic E-state index is 5.42. The quantitative estimate of drug-likeness (QED) is 0.650. The Morgan fingerprint density at radius 3 is 2.94 bits per heavy atom. The standard InChI is InChI=1S/C13H22N4S/c1-3-4-7-13(2)8-5-6-9-10(13)16-12(18-9)17-11(14)15/h3-8H2,1-2H3,(H4,14,15,16,17). The van der Waals surface area contributed by atoms with Crippen LogP contribution in [-0.2, 0) is 11.8 Å². The van der Waals surface area contributed by atoms with Gasteiger partial charge in [-0.1, -0.05) is 38.0 Å². The molecule has 5 heteroatoms. The second-order valence-corrected chi connectivity index (χ2v) is 6.38. The molecule has 0 aliphatic heterocycles. The van der Waals surface area contributed by atoms with E-state index in [0.717, 1.165) is 6.42 Å². The van der Waals surface area contributed by atoms with Crippen LogP contribution in [0.15, 0.2) is 4.99 Å². The maximum atomic E-state index is 5.42. The molecule has 0 spiro atoms. The number of aliphatic imine (C=N–C) groups is 1. The Hall–Kier alpha value is -1.10. The summed E-state index contributed by atoms with van der Waals surface area (Å²) >= 11 is 1.64. The van der Waals surface area contributed by atoms with Crippen molar-refractivity contribution in [3.63, 3.8) is 0 Å². The number of aromatic nitrogens is 1. The van der Waals surface area contributed by atoms with E-state index in [9.17, 15) is 0 Å². The Balaban J connectivity index is 2.31. The number of thiazole rings is 1. The molecule has 2 rings (SSSR count). The zero-order valence-electron chi connectivity index (χ0n) is 11.2. The first-order valence-corrected chi connectivity index (χ1v) is 7.46. The lowest BCUT2D eigenvalue weighted by molar-refractivity contribution is 0.349. The molecule has 1 aliphatic carbocycles. The van der Waals surface area contributed by atoms with E-state index in [2.05, 4.69) is 23.8 Å². The van der Waals surface area contributed by atoms with E-state index < -0.39 is 0 Å². The average Bonchev–Trinajstić information content (AvgIpc) is 2.70. The molecule has 0 aromatic carbocycles. The molecule has 1 aromatic rings. The normalized spacial score (nSPS) is 22.6. The summed E-state index contributed by atoms with van der Waals surface area (Å²) in [4.78, 5) is 10.1. The molecular weight excluding hydrogens is 244 g/mol. The highest BCUT2D eigenvalue weighted by Crippen LogP contribution is 2.44. The SMILES string of the molecule is CCCCC1(C)CCCc2sc(N=C(N)N)nc21. The van der Waals surface area contributed by atoms with E-state index in [4.69, 9.17) is 11.5 Å². The molecule has 1 atom stereocenters. The van der Waals surface area contributed by atoms with Gasteiger partial charge in [0.05, 0.1) is 5.69 Å². The van der Waals surface area contributed by atoms with Crippen LogP contribution in [0.25, 0.3) is 0 Å². The fourth-order valence-electron chi connectivity index (χ4n) is 2.71. The van der Waals surface area contributed by atoms with E-state index in [1.54, 1.807) is 11.3 Å². The predicted molar refractivity (Wildman–Crippen MR) is 77.4 cm³/mol. The molecule has 0 bridgehead atoms. The van der Waals surface area contributed by atoms with Crippen molar-refractivity contribution < 1.29 is 0 Å². The van der Waals surface area contributed by atoms with Crippen LogP contribution in [-0.4, -0.2) is 10.9 Å². The van der Waals surface area contributed by atoms with Gasteiger partial charge in [-0.25, -0.2) is 4.98 Å². The fourth-order valence-corrected chi connectivity index (χ4v) is 3.85. The molecule has 100 valence electrons. The molecule has 1 aliphatic rings. The lowest BCUT2D eigenvalue weighted by Crippen LogP contribution is -2.27. The first kappa shape index (κ1) is 13.3. The highest BCUT2D eigenvalue weighted by molar-refractivity contribution is 7.15. The molecule has 4 N–H and O–H groups in total. The molecule has 0 saturated carbocycles. The van der Waals surface area contributed by atoms with E-state index in [1.807, 2.05) is 0 Å². The van der Waals surface area contributed by atoms with Crippen molar-refractivity contribution in [3.05, 3.63) is 10.6 Å². The minimum absolute atomic E-state index is 0.0939. The van der Waals surface area contributed by atoms with Crippen molar-refractivity contribution in [3.8, 4) is 0 Å². The number of nitrogens with two attached hydrogens (primary N) is 2. The molecule has 0 fully saturated rings. The third-order valence-electron chi connectivity index (χ3n) is 3.70. The third kappa shape index (κ3) is 2.66. The summed E-state index contributed by atoms with van der Waals surface area (Å²) in [6.45, 7) is 4.57. The minimum atomic E-state index is 0.0939. The first-order chi connectivity index (χ1) is 8.55. The van der Waals surface area contributed by atoms with Crippen molar-refractivity contribution in [2.45, 2.75) is 57.8 Å². The van der Waals surface area contributed by atoms with Gasteiger partial charge in [0, 0.05) is 10.3 Å². The molecule has 1 aromatic heterocycles. The fraction of sp³-hybridized carbons (Fsp3) is 0.692. The number of aryl methyl sites for hydroxylation is 1. The Bertz CT molecular complexity index is 448. The van der Waals surface area contributed by atoms with Crippen LogP contribution in [0, 0.1) is 0 Å². The van der Waals surface area contributed by atoms with Gasteiger partial charge in [0.25, 0.3) is 0 Å². The third-order valence-corrected chi connectivity index (χ3v) is 4.71. The van der Waals surface area contributed by atoms with Gasteiger partial charge in [-0.2, -0.15) is 4.99 Å². The maximum Gasteiger partial charge on any atom is 0.212 e. The Labute approximate surface area is 113 Å². The van der Waals surface area contributed by atoms with Crippen LogP contribution >= 0.6 is 11.3 Å². The van der Waals surface area contributed by atoms with Crippen LogP contribution in [0.5, 0.6) is 0 Å². The average molecular weight is 266 g/mol. The molecule has 1 unspecified atom stereocenters. The van der Waals surface area contributed by atoms with Crippen molar-refractivity contribution in [2.75, 3.05) is 0 Å². The number of fused-ring (bicyclic) bond motifs is 1. The number of hydrogen-bond donors (Lipinski definition) is 2. The Morgan fingerprint density at radius 1 is 1.50 bits per heavy atom. The highest BCUT2D eigenvalue weighted by Gasteiger charge is 2.34. The summed E-state index contributed by atoms with van der Waals surface area (Å²) in [5, 5.41) is 0.713. The van der Waals surface area contributed by atoms with Gasteiger partial charge in [0.1, 0.15) is 0 Å². The summed E-state index contributed by atoms with van der Waals surface area (Å²) in [7, 11) is 0. The zero-order valence-corrected chi connectivity index (χ0v) is 12.0. The van der Waals surface area contributed by atoms with Crippen molar-refractivity contribution in [2.24, 2.45) is 16.5 Å². The van der Waals surface area contributed by atoms with E-state index in [-0.39, 0.29) is 11.4 Å². The Kier molecular flexibility index (Phi) is 3.90. The number of unbranched alkanes of at least 4 members (excludes halogenated alkanes) is 1. The predicted octanol–water partition coefficient (Wildman–Crippen LogP) is 2.83. The molecule has 4 nitrogen and oxygen atoms in total. The number of rotatable bonds is 4. The van der Waals surface area contributed by atoms with E-state index in [1.165, 1.54) is 42.7 Å². The van der Waals surface area contributed by atoms with Gasteiger partial charge in [-0.05, 0) is 25.7 Å². The molecular formula is C13H22N4S. The number of hydrogen-bond acceptors (Lipinski definition) is 3.